The number of thiazole rings is 1. The fourth-order valence-corrected chi connectivity index (χ4v) is 1.96. The quantitative estimate of drug-likeness (QED) is 0.657. The van der Waals surface area contributed by atoms with E-state index in [1.165, 1.54) is 17.6 Å². The minimum Gasteiger partial charge on any atom is -0.507 e. The van der Waals surface area contributed by atoms with Crippen molar-refractivity contribution >= 4 is 22.7 Å². The first kappa shape index (κ1) is 12.4. The Morgan fingerprint density at radius 3 is 3.00 bits per heavy atom. The number of hydrazone groups is 1. The number of anilines is 1. The maximum atomic E-state index is 9.64. The molecule has 0 radical (unpaired) electrons. The molecule has 0 atom stereocenters. The Morgan fingerprint density at radius 2 is 2.33 bits per heavy atom. The van der Waals surface area contributed by atoms with Gasteiger partial charge in [0, 0.05) is 10.9 Å². The molecule has 0 amide bonds. The first-order valence-corrected chi connectivity index (χ1v) is 6.15. The van der Waals surface area contributed by atoms with Crippen molar-refractivity contribution < 1.29 is 9.84 Å². The SMILES string of the molecule is COc1ccc(O)c(C=NNc2nc(C)cs2)c1. The summed E-state index contributed by atoms with van der Waals surface area (Å²) >= 11 is 1.47. The van der Waals surface area contributed by atoms with Crippen molar-refractivity contribution in [2.45, 2.75) is 6.92 Å². The number of hydrogen-bond acceptors (Lipinski definition) is 6. The van der Waals surface area contributed by atoms with Gasteiger partial charge in [-0.2, -0.15) is 5.10 Å². The summed E-state index contributed by atoms with van der Waals surface area (Å²) in [6, 6.07) is 4.95. The number of nitrogens with one attached hydrogen (secondary N) is 1. The molecule has 2 aromatic rings. The summed E-state index contributed by atoms with van der Waals surface area (Å²) in [7, 11) is 1.57. The zero-order valence-electron chi connectivity index (χ0n) is 10.0. The van der Waals surface area contributed by atoms with E-state index in [0.717, 1.165) is 5.69 Å². The largest absolute Gasteiger partial charge is 0.507 e. The van der Waals surface area contributed by atoms with Gasteiger partial charge < -0.3 is 9.84 Å². The fourth-order valence-electron chi connectivity index (χ4n) is 1.33. The van der Waals surface area contributed by atoms with E-state index in [-0.39, 0.29) is 5.75 Å². The Labute approximate surface area is 109 Å². The molecule has 18 heavy (non-hydrogen) atoms. The lowest BCUT2D eigenvalue weighted by Crippen LogP contribution is -1.91. The average molecular weight is 263 g/mol. The Bertz CT molecular complexity index is 566. The molecular formula is C12H13N3O2S. The van der Waals surface area contributed by atoms with Crippen molar-refractivity contribution in [1.82, 2.24) is 4.98 Å². The van der Waals surface area contributed by atoms with Crippen LogP contribution in [0.1, 0.15) is 11.3 Å². The normalized spacial score (nSPS) is 10.8. The summed E-state index contributed by atoms with van der Waals surface area (Å²) in [6.07, 6.45) is 1.52. The van der Waals surface area contributed by atoms with Gasteiger partial charge in [0.1, 0.15) is 11.5 Å². The Balaban J connectivity index is 2.08. The van der Waals surface area contributed by atoms with Crippen LogP contribution in [0.4, 0.5) is 5.13 Å². The molecule has 1 heterocycles. The molecule has 5 nitrogen and oxygen atoms in total. The van der Waals surface area contributed by atoms with E-state index in [1.807, 2.05) is 12.3 Å². The summed E-state index contributed by atoms with van der Waals surface area (Å²) in [5.74, 6) is 0.816. The first-order chi connectivity index (χ1) is 8.69. The minimum absolute atomic E-state index is 0.150. The maximum Gasteiger partial charge on any atom is 0.203 e. The molecule has 2 N–H and O–H groups in total. The molecule has 1 aromatic carbocycles. The highest BCUT2D eigenvalue weighted by Crippen LogP contribution is 2.21. The smallest absolute Gasteiger partial charge is 0.203 e. The predicted octanol–water partition coefficient (Wildman–Crippen LogP) is 2.61. The van der Waals surface area contributed by atoms with Crippen LogP contribution in [0, 0.1) is 6.92 Å². The highest BCUT2D eigenvalue weighted by Gasteiger charge is 2.00. The average Bonchev–Trinajstić information content (AvgIpc) is 2.77. The molecule has 0 saturated heterocycles. The van der Waals surface area contributed by atoms with Gasteiger partial charge in [-0.3, -0.25) is 5.43 Å². The predicted molar refractivity (Wildman–Crippen MR) is 72.7 cm³/mol. The molecule has 0 spiro atoms. The molecule has 0 fully saturated rings. The van der Waals surface area contributed by atoms with Crippen molar-refractivity contribution in [1.29, 1.82) is 0 Å². The number of aromatic nitrogens is 1. The van der Waals surface area contributed by atoms with E-state index in [2.05, 4.69) is 15.5 Å². The van der Waals surface area contributed by atoms with Gasteiger partial charge in [-0.15, -0.1) is 11.3 Å². The topological polar surface area (TPSA) is 66.7 Å². The monoisotopic (exact) mass is 263 g/mol. The van der Waals surface area contributed by atoms with Crippen molar-refractivity contribution in [3.8, 4) is 11.5 Å². The maximum absolute atomic E-state index is 9.64. The Hall–Kier alpha value is -2.08. The van der Waals surface area contributed by atoms with Gasteiger partial charge in [0.15, 0.2) is 0 Å². The highest BCUT2D eigenvalue weighted by molar-refractivity contribution is 7.13. The van der Waals surface area contributed by atoms with Crippen LogP contribution in [0.25, 0.3) is 0 Å². The Morgan fingerprint density at radius 1 is 1.50 bits per heavy atom. The number of rotatable bonds is 4. The van der Waals surface area contributed by atoms with Gasteiger partial charge in [0.25, 0.3) is 0 Å². The number of nitrogens with zero attached hydrogens (tertiary/aromatic N) is 2. The van der Waals surface area contributed by atoms with Crippen LogP contribution in [0.3, 0.4) is 0 Å². The van der Waals surface area contributed by atoms with Gasteiger partial charge in [0.05, 0.1) is 19.0 Å². The third kappa shape index (κ3) is 2.98. The van der Waals surface area contributed by atoms with Crippen molar-refractivity contribution in [2.24, 2.45) is 5.10 Å². The molecule has 1 aromatic heterocycles. The minimum atomic E-state index is 0.150. The second kappa shape index (κ2) is 5.50. The van der Waals surface area contributed by atoms with Gasteiger partial charge >= 0.3 is 0 Å². The van der Waals surface area contributed by atoms with E-state index in [0.29, 0.717) is 16.4 Å². The van der Waals surface area contributed by atoms with Crippen molar-refractivity contribution in [2.75, 3.05) is 12.5 Å². The summed E-state index contributed by atoms with van der Waals surface area (Å²) in [4.78, 5) is 4.20. The standard InChI is InChI=1S/C12H13N3O2S/c1-8-7-18-12(14-8)15-13-6-9-5-10(17-2)3-4-11(9)16/h3-7,16H,1-2H3,(H,14,15). The zero-order valence-corrected chi connectivity index (χ0v) is 10.9. The highest BCUT2D eigenvalue weighted by atomic mass is 32.1. The molecule has 0 saturated carbocycles. The van der Waals surface area contributed by atoms with Gasteiger partial charge in [0.2, 0.25) is 5.13 Å². The van der Waals surface area contributed by atoms with Gasteiger partial charge in [-0.05, 0) is 25.1 Å². The molecule has 2 rings (SSSR count). The summed E-state index contributed by atoms with van der Waals surface area (Å²) < 4.78 is 5.07. The van der Waals surface area contributed by atoms with Crippen molar-refractivity contribution in [3.05, 3.63) is 34.8 Å². The lowest BCUT2D eigenvalue weighted by atomic mass is 10.2. The molecular weight excluding hydrogens is 250 g/mol. The molecule has 0 aliphatic rings. The number of aromatic hydroxyl groups is 1. The number of hydrogen-bond donors (Lipinski definition) is 2. The van der Waals surface area contributed by atoms with Crippen LogP contribution in [-0.2, 0) is 0 Å². The van der Waals surface area contributed by atoms with Crippen LogP contribution in [0.2, 0.25) is 0 Å². The molecule has 0 unspecified atom stereocenters. The molecule has 0 bridgehead atoms. The fraction of sp³-hybridized carbons (Fsp3) is 0.167. The first-order valence-electron chi connectivity index (χ1n) is 5.27. The second-order valence-corrected chi connectivity index (χ2v) is 4.45. The second-order valence-electron chi connectivity index (χ2n) is 3.59. The Kier molecular flexibility index (Phi) is 3.78. The van der Waals surface area contributed by atoms with E-state index < -0.39 is 0 Å². The number of phenolic OH excluding ortho intramolecular Hbond substituents is 1. The molecule has 6 heteroatoms. The number of benzene rings is 1. The van der Waals surface area contributed by atoms with Crippen LogP contribution in [0.5, 0.6) is 11.5 Å². The summed E-state index contributed by atoms with van der Waals surface area (Å²) in [6.45, 7) is 1.92. The van der Waals surface area contributed by atoms with Crippen LogP contribution in [0.15, 0.2) is 28.7 Å². The zero-order chi connectivity index (χ0) is 13.0. The third-order valence-corrected chi connectivity index (χ3v) is 3.08. The lowest BCUT2D eigenvalue weighted by molar-refractivity contribution is 0.412. The number of methoxy groups -OCH3 is 1. The van der Waals surface area contributed by atoms with Crippen LogP contribution < -0.4 is 10.2 Å². The molecule has 94 valence electrons. The number of ether oxygens (including phenoxy) is 1. The number of phenols is 1. The van der Waals surface area contributed by atoms with Gasteiger partial charge in [-0.25, -0.2) is 4.98 Å². The van der Waals surface area contributed by atoms with Crippen molar-refractivity contribution in [3.63, 3.8) is 0 Å². The van der Waals surface area contributed by atoms with E-state index >= 15 is 0 Å². The molecule has 0 aliphatic heterocycles. The third-order valence-electron chi connectivity index (χ3n) is 2.22. The van der Waals surface area contributed by atoms with Crippen LogP contribution in [-0.4, -0.2) is 23.4 Å². The van der Waals surface area contributed by atoms with Gasteiger partial charge in [-0.1, -0.05) is 0 Å². The van der Waals surface area contributed by atoms with E-state index in [1.54, 1.807) is 25.3 Å². The lowest BCUT2D eigenvalue weighted by Gasteiger charge is -2.02. The van der Waals surface area contributed by atoms with E-state index in [4.69, 9.17) is 4.74 Å². The summed E-state index contributed by atoms with van der Waals surface area (Å²) in [5, 5.41) is 16.3. The summed E-state index contributed by atoms with van der Waals surface area (Å²) in [5.41, 5.74) is 4.33. The van der Waals surface area contributed by atoms with E-state index in [9.17, 15) is 5.11 Å². The number of aryl methyl sites for hydroxylation is 1. The van der Waals surface area contributed by atoms with Crippen LogP contribution >= 0.6 is 11.3 Å². The molecule has 0 aliphatic carbocycles.